The molecule has 1 heterocycles. The van der Waals surface area contributed by atoms with Crippen LogP contribution < -0.4 is 9.64 Å². The van der Waals surface area contributed by atoms with Crippen LogP contribution in [-0.4, -0.2) is 25.2 Å². The number of rotatable bonds is 5. The van der Waals surface area contributed by atoms with Gasteiger partial charge in [-0.2, -0.15) is 5.26 Å². The lowest BCUT2D eigenvalue weighted by Crippen LogP contribution is -2.25. The number of hydrogen-bond donors (Lipinski definition) is 0. The van der Waals surface area contributed by atoms with Gasteiger partial charge in [0.25, 0.3) is 0 Å². The van der Waals surface area contributed by atoms with Gasteiger partial charge in [-0.25, -0.2) is 4.39 Å². The molecule has 0 bridgehead atoms. The highest BCUT2D eigenvalue weighted by atomic mass is 19.1. The van der Waals surface area contributed by atoms with E-state index in [1.54, 1.807) is 24.4 Å². The van der Waals surface area contributed by atoms with Crippen LogP contribution in [0.4, 0.5) is 10.1 Å². The maximum absolute atomic E-state index is 13.6. The van der Waals surface area contributed by atoms with Crippen molar-refractivity contribution in [2.24, 2.45) is 0 Å². The minimum atomic E-state index is -0.382. The van der Waals surface area contributed by atoms with Crippen molar-refractivity contribution in [1.82, 2.24) is 4.98 Å². The molecule has 0 atom stereocenters. The number of hydrogen-bond acceptors (Lipinski definition) is 4. The van der Waals surface area contributed by atoms with Crippen molar-refractivity contribution >= 4 is 16.6 Å². The summed E-state index contributed by atoms with van der Waals surface area (Å²) < 4.78 is 19.1. The quantitative estimate of drug-likeness (QED) is 0.718. The van der Waals surface area contributed by atoms with Gasteiger partial charge in [0, 0.05) is 18.6 Å². The molecule has 2 aromatic carbocycles. The SMILES string of the molecule is CN(CCOc1ccccc1F)c1c(C#N)cnc2ccccc12. The summed E-state index contributed by atoms with van der Waals surface area (Å²) >= 11 is 0. The van der Waals surface area contributed by atoms with Crippen molar-refractivity contribution < 1.29 is 9.13 Å². The lowest BCUT2D eigenvalue weighted by Gasteiger charge is -2.22. The number of nitriles is 1. The van der Waals surface area contributed by atoms with Crippen molar-refractivity contribution in [2.45, 2.75) is 0 Å². The van der Waals surface area contributed by atoms with Crippen LogP contribution in [0.2, 0.25) is 0 Å². The van der Waals surface area contributed by atoms with Crippen LogP contribution in [0.3, 0.4) is 0 Å². The van der Waals surface area contributed by atoms with Gasteiger partial charge in [0.1, 0.15) is 12.7 Å². The monoisotopic (exact) mass is 321 g/mol. The Morgan fingerprint density at radius 3 is 2.71 bits per heavy atom. The first-order chi connectivity index (χ1) is 11.7. The highest BCUT2D eigenvalue weighted by Crippen LogP contribution is 2.28. The molecule has 24 heavy (non-hydrogen) atoms. The maximum Gasteiger partial charge on any atom is 0.165 e. The highest BCUT2D eigenvalue weighted by Gasteiger charge is 2.13. The fraction of sp³-hybridized carbons (Fsp3) is 0.158. The third-order valence-corrected chi connectivity index (χ3v) is 3.77. The Hall–Kier alpha value is -3.13. The van der Waals surface area contributed by atoms with Crippen LogP contribution >= 0.6 is 0 Å². The Morgan fingerprint density at radius 2 is 1.92 bits per heavy atom. The van der Waals surface area contributed by atoms with Crippen molar-refractivity contribution in [3.63, 3.8) is 0 Å². The van der Waals surface area contributed by atoms with E-state index < -0.39 is 0 Å². The molecule has 0 radical (unpaired) electrons. The van der Waals surface area contributed by atoms with Crippen molar-refractivity contribution in [3.8, 4) is 11.8 Å². The Kier molecular flexibility index (Phi) is 4.57. The molecule has 0 spiro atoms. The van der Waals surface area contributed by atoms with Crippen LogP contribution in [-0.2, 0) is 0 Å². The van der Waals surface area contributed by atoms with E-state index in [1.165, 1.54) is 6.07 Å². The number of fused-ring (bicyclic) bond motifs is 1. The van der Waals surface area contributed by atoms with Gasteiger partial charge in [0.15, 0.2) is 11.6 Å². The van der Waals surface area contributed by atoms with Gasteiger partial charge in [-0.3, -0.25) is 4.98 Å². The lowest BCUT2D eigenvalue weighted by atomic mass is 10.1. The summed E-state index contributed by atoms with van der Waals surface area (Å²) in [6.07, 6.45) is 1.58. The van der Waals surface area contributed by atoms with Gasteiger partial charge in [-0.05, 0) is 18.2 Å². The van der Waals surface area contributed by atoms with Gasteiger partial charge in [0.2, 0.25) is 0 Å². The van der Waals surface area contributed by atoms with E-state index in [-0.39, 0.29) is 11.6 Å². The second-order valence-electron chi connectivity index (χ2n) is 5.35. The average Bonchev–Trinajstić information content (AvgIpc) is 2.62. The summed E-state index contributed by atoms with van der Waals surface area (Å²) in [7, 11) is 1.88. The molecule has 5 heteroatoms. The van der Waals surface area contributed by atoms with E-state index in [1.807, 2.05) is 36.2 Å². The summed E-state index contributed by atoms with van der Waals surface area (Å²) in [6.45, 7) is 0.815. The van der Waals surface area contributed by atoms with Crippen molar-refractivity contribution in [3.05, 3.63) is 66.1 Å². The second kappa shape index (κ2) is 6.97. The summed E-state index contributed by atoms with van der Waals surface area (Å²) in [5.41, 5.74) is 2.13. The molecule has 0 N–H and O–H groups in total. The molecular weight excluding hydrogens is 305 g/mol. The Balaban J connectivity index is 1.80. The standard InChI is InChI=1S/C19H16FN3O/c1-23(10-11-24-18-9-5-3-7-16(18)20)19-14(12-21)13-22-17-8-4-2-6-15(17)19/h2-9,13H,10-11H2,1H3. The number of nitrogens with zero attached hydrogens (tertiary/aromatic N) is 3. The predicted octanol–water partition coefficient (Wildman–Crippen LogP) is 3.76. The number of pyridine rings is 1. The minimum absolute atomic E-state index is 0.228. The first-order valence-electron chi connectivity index (χ1n) is 7.57. The lowest BCUT2D eigenvalue weighted by molar-refractivity contribution is 0.309. The van der Waals surface area contributed by atoms with Crippen molar-refractivity contribution in [2.75, 3.05) is 25.1 Å². The summed E-state index contributed by atoms with van der Waals surface area (Å²) in [5.74, 6) is -0.154. The fourth-order valence-electron chi connectivity index (χ4n) is 2.59. The first-order valence-corrected chi connectivity index (χ1v) is 7.57. The van der Waals surface area contributed by atoms with Gasteiger partial charge in [-0.1, -0.05) is 30.3 Å². The minimum Gasteiger partial charge on any atom is -0.489 e. The molecule has 120 valence electrons. The molecule has 0 fully saturated rings. The van der Waals surface area contributed by atoms with E-state index in [4.69, 9.17) is 4.74 Å². The third kappa shape index (κ3) is 3.13. The molecule has 0 saturated heterocycles. The molecule has 0 aliphatic heterocycles. The second-order valence-corrected chi connectivity index (χ2v) is 5.35. The Labute approximate surface area is 139 Å². The van der Waals surface area contributed by atoms with E-state index in [9.17, 15) is 9.65 Å². The highest BCUT2D eigenvalue weighted by molar-refractivity contribution is 5.94. The topological polar surface area (TPSA) is 49.1 Å². The van der Waals surface area contributed by atoms with Crippen LogP contribution in [0.1, 0.15) is 5.56 Å². The molecule has 0 aliphatic carbocycles. The molecule has 0 aliphatic rings. The zero-order valence-electron chi connectivity index (χ0n) is 13.2. The summed E-state index contributed by atoms with van der Waals surface area (Å²) in [6, 6.07) is 16.2. The molecule has 3 rings (SSSR count). The number of likely N-dealkylation sites (N-methyl/N-ethyl adjacent to an activating group) is 1. The summed E-state index contributed by atoms with van der Waals surface area (Å²) in [4.78, 5) is 6.24. The molecule has 1 aromatic heterocycles. The largest absolute Gasteiger partial charge is 0.489 e. The zero-order valence-corrected chi connectivity index (χ0v) is 13.2. The maximum atomic E-state index is 13.6. The smallest absolute Gasteiger partial charge is 0.165 e. The van der Waals surface area contributed by atoms with Gasteiger partial charge in [-0.15, -0.1) is 0 Å². The number of halogens is 1. The van der Waals surface area contributed by atoms with E-state index in [2.05, 4.69) is 11.1 Å². The normalized spacial score (nSPS) is 10.4. The Bertz CT molecular complexity index is 904. The Morgan fingerprint density at radius 1 is 1.17 bits per heavy atom. The molecule has 0 saturated carbocycles. The average molecular weight is 321 g/mol. The van der Waals surface area contributed by atoms with E-state index in [0.29, 0.717) is 18.7 Å². The molecule has 0 amide bonds. The molecular formula is C19H16FN3O. The zero-order chi connectivity index (χ0) is 16.9. The van der Waals surface area contributed by atoms with Gasteiger partial charge >= 0.3 is 0 Å². The van der Waals surface area contributed by atoms with Crippen LogP contribution in [0.5, 0.6) is 5.75 Å². The summed E-state index contributed by atoms with van der Waals surface area (Å²) in [5, 5.41) is 10.3. The van der Waals surface area contributed by atoms with Gasteiger partial charge < -0.3 is 9.64 Å². The van der Waals surface area contributed by atoms with Gasteiger partial charge in [0.05, 0.1) is 23.3 Å². The first kappa shape index (κ1) is 15.8. The third-order valence-electron chi connectivity index (χ3n) is 3.77. The van der Waals surface area contributed by atoms with E-state index >= 15 is 0 Å². The predicted molar refractivity (Wildman–Crippen MR) is 91.6 cm³/mol. The van der Waals surface area contributed by atoms with Crippen LogP contribution in [0, 0.1) is 17.1 Å². The van der Waals surface area contributed by atoms with Crippen LogP contribution in [0.15, 0.2) is 54.7 Å². The number of aromatic nitrogens is 1. The van der Waals surface area contributed by atoms with Crippen molar-refractivity contribution in [1.29, 1.82) is 5.26 Å². The molecule has 0 unspecified atom stereocenters. The number of anilines is 1. The number of ether oxygens (including phenoxy) is 1. The number of benzene rings is 2. The molecule has 4 nitrogen and oxygen atoms in total. The van der Waals surface area contributed by atoms with E-state index in [0.717, 1.165) is 16.6 Å². The van der Waals surface area contributed by atoms with Crippen LogP contribution in [0.25, 0.3) is 10.9 Å². The fourth-order valence-corrected chi connectivity index (χ4v) is 2.59. The number of para-hydroxylation sites is 2. The molecule has 3 aromatic rings.